The Kier molecular flexibility index (Phi) is 2.69. The van der Waals surface area contributed by atoms with Crippen molar-refractivity contribution in [3.05, 3.63) is 18.2 Å². The summed E-state index contributed by atoms with van der Waals surface area (Å²) in [5.74, 6) is 0.803. The van der Waals surface area contributed by atoms with Crippen molar-refractivity contribution in [2.24, 2.45) is 5.92 Å². The van der Waals surface area contributed by atoms with Crippen LogP contribution in [0.1, 0.15) is 31.0 Å². The SMILES string of the molecule is CNCc1cncn1C1CCOC1C1CC1. The van der Waals surface area contributed by atoms with Crippen LogP contribution in [0.15, 0.2) is 12.5 Å². The van der Waals surface area contributed by atoms with Gasteiger partial charge in [0.1, 0.15) is 0 Å². The Balaban J connectivity index is 1.81. The van der Waals surface area contributed by atoms with E-state index in [0.717, 1.165) is 25.5 Å². The molecule has 1 aromatic heterocycles. The lowest BCUT2D eigenvalue weighted by molar-refractivity contribution is 0.0745. The normalized spacial score (nSPS) is 29.8. The van der Waals surface area contributed by atoms with Gasteiger partial charge in [0.25, 0.3) is 0 Å². The lowest BCUT2D eigenvalue weighted by atomic mass is 10.1. The maximum Gasteiger partial charge on any atom is 0.0952 e. The van der Waals surface area contributed by atoms with Crippen LogP contribution in [0.25, 0.3) is 0 Å². The van der Waals surface area contributed by atoms with Gasteiger partial charge in [-0.25, -0.2) is 4.98 Å². The molecule has 1 saturated carbocycles. The Morgan fingerprint density at radius 1 is 1.50 bits per heavy atom. The Morgan fingerprint density at radius 2 is 2.38 bits per heavy atom. The van der Waals surface area contributed by atoms with Crippen LogP contribution >= 0.6 is 0 Å². The van der Waals surface area contributed by atoms with Gasteiger partial charge in [0.15, 0.2) is 0 Å². The lowest BCUT2D eigenvalue weighted by Gasteiger charge is -2.21. The average molecular weight is 221 g/mol. The summed E-state index contributed by atoms with van der Waals surface area (Å²) in [6.07, 6.45) is 8.17. The molecule has 1 aliphatic carbocycles. The van der Waals surface area contributed by atoms with Gasteiger partial charge < -0.3 is 14.6 Å². The molecule has 0 radical (unpaired) electrons. The van der Waals surface area contributed by atoms with Crippen molar-refractivity contribution in [3.8, 4) is 0 Å². The summed E-state index contributed by atoms with van der Waals surface area (Å²) in [6, 6.07) is 0.512. The summed E-state index contributed by atoms with van der Waals surface area (Å²) in [6.45, 7) is 1.79. The molecule has 88 valence electrons. The minimum absolute atomic E-state index is 0.435. The Bertz CT molecular complexity index is 359. The van der Waals surface area contributed by atoms with E-state index in [1.54, 1.807) is 0 Å². The van der Waals surface area contributed by atoms with Gasteiger partial charge in [-0.15, -0.1) is 0 Å². The number of hydrogen-bond acceptors (Lipinski definition) is 3. The van der Waals surface area contributed by atoms with E-state index in [4.69, 9.17) is 4.74 Å². The van der Waals surface area contributed by atoms with E-state index in [0.29, 0.717) is 12.1 Å². The van der Waals surface area contributed by atoms with Crippen LogP contribution in [0, 0.1) is 5.92 Å². The number of aromatic nitrogens is 2. The van der Waals surface area contributed by atoms with Crippen molar-refractivity contribution in [2.75, 3.05) is 13.7 Å². The summed E-state index contributed by atoms with van der Waals surface area (Å²) in [5, 5.41) is 3.19. The van der Waals surface area contributed by atoms with Gasteiger partial charge in [-0.3, -0.25) is 0 Å². The second kappa shape index (κ2) is 4.18. The molecule has 2 unspecified atom stereocenters. The van der Waals surface area contributed by atoms with E-state index in [9.17, 15) is 0 Å². The van der Waals surface area contributed by atoms with Crippen LogP contribution in [0.3, 0.4) is 0 Å². The monoisotopic (exact) mass is 221 g/mol. The molecule has 2 heterocycles. The highest BCUT2D eigenvalue weighted by atomic mass is 16.5. The zero-order valence-corrected chi connectivity index (χ0v) is 9.72. The maximum atomic E-state index is 5.88. The average Bonchev–Trinajstić information content (AvgIpc) is 2.85. The number of nitrogens with one attached hydrogen (secondary N) is 1. The maximum absolute atomic E-state index is 5.88. The van der Waals surface area contributed by atoms with Crippen molar-refractivity contribution in [2.45, 2.75) is 38.0 Å². The fourth-order valence-electron chi connectivity index (χ4n) is 2.72. The third-order valence-corrected chi connectivity index (χ3v) is 3.65. The third-order valence-electron chi connectivity index (χ3n) is 3.65. The highest BCUT2D eigenvalue weighted by Gasteiger charge is 2.41. The Morgan fingerprint density at radius 3 is 3.12 bits per heavy atom. The molecule has 1 aliphatic heterocycles. The topological polar surface area (TPSA) is 39.1 Å². The predicted molar refractivity (Wildman–Crippen MR) is 61.1 cm³/mol. The minimum atomic E-state index is 0.435. The molecule has 2 fully saturated rings. The summed E-state index contributed by atoms with van der Waals surface area (Å²) < 4.78 is 8.19. The van der Waals surface area contributed by atoms with Crippen LogP contribution < -0.4 is 5.32 Å². The van der Waals surface area contributed by atoms with Crippen molar-refractivity contribution in [1.29, 1.82) is 0 Å². The quantitative estimate of drug-likeness (QED) is 0.834. The number of imidazole rings is 1. The zero-order valence-electron chi connectivity index (χ0n) is 9.72. The molecule has 2 aliphatic rings. The first kappa shape index (κ1) is 10.3. The molecular weight excluding hydrogens is 202 g/mol. The summed E-state index contributed by atoms with van der Waals surface area (Å²) in [7, 11) is 1.97. The Hall–Kier alpha value is -0.870. The summed E-state index contributed by atoms with van der Waals surface area (Å²) >= 11 is 0. The van der Waals surface area contributed by atoms with E-state index in [-0.39, 0.29) is 0 Å². The smallest absolute Gasteiger partial charge is 0.0952 e. The van der Waals surface area contributed by atoms with E-state index in [2.05, 4.69) is 14.9 Å². The van der Waals surface area contributed by atoms with Crippen LogP contribution in [0.5, 0.6) is 0 Å². The molecule has 1 N–H and O–H groups in total. The first-order valence-electron chi connectivity index (χ1n) is 6.17. The van der Waals surface area contributed by atoms with E-state index in [1.807, 2.05) is 19.6 Å². The summed E-state index contributed by atoms with van der Waals surface area (Å²) in [5.41, 5.74) is 1.27. The third kappa shape index (κ3) is 1.76. The second-order valence-corrected chi connectivity index (χ2v) is 4.85. The van der Waals surface area contributed by atoms with Crippen molar-refractivity contribution in [1.82, 2.24) is 14.9 Å². The van der Waals surface area contributed by atoms with Crippen LogP contribution in [-0.2, 0) is 11.3 Å². The van der Waals surface area contributed by atoms with Gasteiger partial charge in [0.05, 0.1) is 24.2 Å². The van der Waals surface area contributed by atoms with Crippen molar-refractivity contribution in [3.63, 3.8) is 0 Å². The molecule has 16 heavy (non-hydrogen) atoms. The second-order valence-electron chi connectivity index (χ2n) is 4.85. The minimum Gasteiger partial charge on any atom is -0.376 e. The molecule has 1 aromatic rings. The number of ether oxygens (including phenoxy) is 1. The molecule has 0 bridgehead atoms. The fourth-order valence-corrected chi connectivity index (χ4v) is 2.72. The fraction of sp³-hybridized carbons (Fsp3) is 0.750. The van der Waals surface area contributed by atoms with Crippen LogP contribution in [0.4, 0.5) is 0 Å². The molecule has 4 heteroatoms. The molecule has 3 rings (SSSR count). The molecular formula is C12H19N3O. The first-order chi connectivity index (χ1) is 7.90. The Labute approximate surface area is 96.0 Å². The zero-order chi connectivity index (χ0) is 11.0. The van der Waals surface area contributed by atoms with E-state index in [1.165, 1.54) is 18.5 Å². The lowest BCUT2D eigenvalue weighted by Crippen LogP contribution is -2.24. The molecule has 2 atom stereocenters. The van der Waals surface area contributed by atoms with Gasteiger partial charge in [-0.2, -0.15) is 0 Å². The standard InChI is InChI=1S/C12H19N3O/c1-13-6-10-7-14-8-15(10)11-4-5-16-12(11)9-2-3-9/h7-9,11-13H,2-6H2,1H3. The van der Waals surface area contributed by atoms with Gasteiger partial charge in [-0.05, 0) is 32.2 Å². The molecule has 4 nitrogen and oxygen atoms in total. The van der Waals surface area contributed by atoms with Gasteiger partial charge in [0.2, 0.25) is 0 Å². The molecule has 0 amide bonds. The van der Waals surface area contributed by atoms with Crippen LogP contribution in [-0.4, -0.2) is 29.3 Å². The van der Waals surface area contributed by atoms with E-state index < -0.39 is 0 Å². The molecule has 0 aromatic carbocycles. The molecule has 0 spiro atoms. The predicted octanol–water partition coefficient (Wildman–Crippen LogP) is 1.34. The van der Waals surface area contributed by atoms with Gasteiger partial charge >= 0.3 is 0 Å². The highest BCUT2D eigenvalue weighted by molar-refractivity contribution is 5.04. The van der Waals surface area contributed by atoms with Gasteiger partial charge in [-0.1, -0.05) is 0 Å². The van der Waals surface area contributed by atoms with Crippen LogP contribution in [0.2, 0.25) is 0 Å². The van der Waals surface area contributed by atoms with Crippen molar-refractivity contribution >= 4 is 0 Å². The first-order valence-corrected chi connectivity index (χ1v) is 6.17. The molecule has 1 saturated heterocycles. The largest absolute Gasteiger partial charge is 0.376 e. The van der Waals surface area contributed by atoms with Gasteiger partial charge in [0, 0.05) is 19.3 Å². The summed E-state index contributed by atoms with van der Waals surface area (Å²) in [4.78, 5) is 4.27. The highest BCUT2D eigenvalue weighted by Crippen LogP contribution is 2.43. The van der Waals surface area contributed by atoms with E-state index >= 15 is 0 Å². The van der Waals surface area contributed by atoms with Crippen molar-refractivity contribution < 1.29 is 4.74 Å². The number of hydrogen-bond donors (Lipinski definition) is 1. The number of rotatable bonds is 4. The number of nitrogens with zero attached hydrogens (tertiary/aromatic N) is 2.